The fourth-order valence-electron chi connectivity index (χ4n) is 0.903. The van der Waals surface area contributed by atoms with Crippen LogP contribution in [0.5, 0.6) is 0 Å². The predicted octanol–water partition coefficient (Wildman–Crippen LogP) is 1.93. The number of halogens is 1. The molecule has 2 nitrogen and oxygen atoms in total. The maximum atomic E-state index is 9.42. The molecule has 1 unspecified atom stereocenters. The van der Waals surface area contributed by atoms with Crippen LogP contribution in [0.1, 0.15) is 11.9 Å². The first-order valence-electron chi connectivity index (χ1n) is 3.99. The fraction of sp³-hybridized carbons (Fsp3) is 0.333. The van der Waals surface area contributed by atoms with Crippen molar-refractivity contribution in [2.45, 2.75) is 12.6 Å². The normalized spacial score (nSPS) is 12.8. The molecule has 4 heteroatoms. The Bertz CT molecular complexity index is 250. The summed E-state index contributed by atoms with van der Waals surface area (Å²) in [6.45, 7) is 0.337. The van der Waals surface area contributed by atoms with E-state index in [0.29, 0.717) is 23.5 Å². The van der Waals surface area contributed by atoms with E-state index >= 15 is 0 Å². The molecule has 0 aliphatic carbocycles. The van der Waals surface area contributed by atoms with E-state index in [1.54, 1.807) is 24.3 Å². The number of aliphatic hydroxyl groups is 1. The topological polar surface area (TPSA) is 29.5 Å². The Balaban J connectivity index is 2.55. The van der Waals surface area contributed by atoms with Gasteiger partial charge in [-0.3, -0.25) is 0 Å². The third-order valence-electron chi connectivity index (χ3n) is 1.55. The van der Waals surface area contributed by atoms with Gasteiger partial charge >= 0.3 is 0 Å². The van der Waals surface area contributed by atoms with Crippen molar-refractivity contribution in [3.8, 4) is 0 Å². The van der Waals surface area contributed by atoms with Crippen LogP contribution in [-0.4, -0.2) is 19.6 Å². The number of hydrogen-bond acceptors (Lipinski definition) is 2. The van der Waals surface area contributed by atoms with Gasteiger partial charge in [0.2, 0.25) is 0 Å². The lowest BCUT2D eigenvalue weighted by atomic mass is 10.1. The van der Waals surface area contributed by atoms with Crippen LogP contribution in [0.15, 0.2) is 24.3 Å². The van der Waals surface area contributed by atoms with Gasteiger partial charge in [0.25, 0.3) is 0 Å². The molecule has 1 atom stereocenters. The molecule has 1 aromatic rings. The SMILES string of the molecule is [B]CCOC(O)c1ccc(Cl)cc1. The van der Waals surface area contributed by atoms with Crippen molar-refractivity contribution in [1.29, 1.82) is 0 Å². The van der Waals surface area contributed by atoms with Crippen molar-refractivity contribution >= 4 is 19.4 Å². The highest BCUT2D eigenvalue weighted by atomic mass is 35.5. The van der Waals surface area contributed by atoms with Gasteiger partial charge in [0.15, 0.2) is 6.29 Å². The number of rotatable bonds is 4. The maximum absolute atomic E-state index is 9.42. The molecule has 0 aliphatic rings. The summed E-state index contributed by atoms with van der Waals surface area (Å²) in [4.78, 5) is 0. The highest BCUT2D eigenvalue weighted by Gasteiger charge is 2.05. The molecule has 1 rings (SSSR count). The Hall–Kier alpha value is -0.505. The standard InChI is InChI=1S/C9H10BClO2/c10-5-6-13-9(12)7-1-3-8(11)4-2-7/h1-4,9,12H,5-6H2. The van der Waals surface area contributed by atoms with Gasteiger partial charge in [-0.25, -0.2) is 0 Å². The van der Waals surface area contributed by atoms with Crippen LogP contribution >= 0.6 is 11.6 Å². The number of benzene rings is 1. The first-order chi connectivity index (χ1) is 6.24. The maximum Gasteiger partial charge on any atom is 0.181 e. The first-order valence-corrected chi connectivity index (χ1v) is 4.37. The van der Waals surface area contributed by atoms with Crippen LogP contribution in [0, 0.1) is 0 Å². The third kappa shape index (κ3) is 3.39. The van der Waals surface area contributed by atoms with Gasteiger partial charge in [0.1, 0.15) is 0 Å². The molecule has 0 aliphatic heterocycles. The van der Waals surface area contributed by atoms with Gasteiger partial charge in [-0.05, 0) is 12.1 Å². The van der Waals surface area contributed by atoms with Crippen LogP contribution in [0.2, 0.25) is 11.3 Å². The molecule has 0 spiro atoms. The second-order valence-electron chi connectivity index (χ2n) is 2.56. The first kappa shape index (κ1) is 10.6. The van der Waals surface area contributed by atoms with Gasteiger partial charge in [-0.15, -0.1) is 0 Å². The minimum absolute atomic E-state index is 0.337. The van der Waals surface area contributed by atoms with Gasteiger partial charge in [0, 0.05) is 17.2 Å². The molecule has 13 heavy (non-hydrogen) atoms. The van der Waals surface area contributed by atoms with Gasteiger partial charge < -0.3 is 9.84 Å². The monoisotopic (exact) mass is 196 g/mol. The number of hydrogen-bond donors (Lipinski definition) is 1. The predicted molar refractivity (Wildman–Crippen MR) is 52.9 cm³/mol. The van der Waals surface area contributed by atoms with Gasteiger partial charge in [-0.2, -0.15) is 0 Å². The molecule has 2 radical (unpaired) electrons. The molecule has 0 amide bonds. The Kier molecular flexibility index (Phi) is 4.29. The molecular formula is C9H10BClO2. The second-order valence-corrected chi connectivity index (χ2v) is 3.00. The van der Waals surface area contributed by atoms with E-state index in [1.165, 1.54) is 0 Å². The van der Waals surface area contributed by atoms with Gasteiger partial charge in [-0.1, -0.05) is 30.1 Å². The molecule has 0 saturated heterocycles. The van der Waals surface area contributed by atoms with E-state index in [4.69, 9.17) is 24.2 Å². The van der Waals surface area contributed by atoms with E-state index in [-0.39, 0.29) is 0 Å². The number of aliphatic hydroxyl groups excluding tert-OH is 1. The van der Waals surface area contributed by atoms with Gasteiger partial charge in [0.05, 0.1) is 7.85 Å². The van der Waals surface area contributed by atoms with Crippen LogP contribution in [0.25, 0.3) is 0 Å². The Morgan fingerprint density at radius 1 is 1.38 bits per heavy atom. The molecule has 1 N–H and O–H groups in total. The lowest BCUT2D eigenvalue weighted by Crippen LogP contribution is -2.03. The van der Waals surface area contributed by atoms with Crippen molar-refractivity contribution in [3.05, 3.63) is 34.9 Å². The molecular weight excluding hydrogens is 186 g/mol. The summed E-state index contributed by atoms with van der Waals surface area (Å²) in [6, 6.07) is 6.82. The molecule has 68 valence electrons. The van der Waals surface area contributed by atoms with Crippen molar-refractivity contribution < 1.29 is 9.84 Å². The molecule has 0 fully saturated rings. The van der Waals surface area contributed by atoms with Crippen molar-refractivity contribution in [2.75, 3.05) is 6.61 Å². The van der Waals surface area contributed by atoms with Crippen LogP contribution < -0.4 is 0 Å². The minimum Gasteiger partial charge on any atom is -0.364 e. The Morgan fingerprint density at radius 3 is 2.54 bits per heavy atom. The van der Waals surface area contributed by atoms with E-state index < -0.39 is 6.29 Å². The van der Waals surface area contributed by atoms with Crippen LogP contribution in [-0.2, 0) is 4.74 Å². The molecule has 0 aromatic heterocycles. The zero-order valence-corrected chi connectivity index (χ0v) is 7.87. The largest absolute Gasteiger partial charge is 0.364 e. The average Bonchev–Trinajstić information content (AvgIpc) is 2.15. The summed E-state index contributed by atoms with van der Waals surface area (Å²) >= 11 is 5.68. The Morgan fingerprint density at radius 2 is 2.00 bits per heavy atom. The second kappa shape index (κ2) is 5.27. The smallest absolute Gasteiger partial charge is 0.181 e. The Labute approximate surface area is 83.9 Å². The molecule has 0 heterocycles. The minimum atomic E-state index is -0.916. The van der Waals surface area contributed by atoms with E-state index in [0.717, 1.165) is 0 Å². The van der Waals surface area contributed by atoms with Crippen molar-refractivity contribution in [3.63, 3.8) is 0 Å². The quantitative estimate of drug-likeness (QED) is 0.589. The zero-order valence-electron chi connectivity index (χ0n) is 7.11. The highest BCUT2D eigenvalue weighted by molar-refractivity contribution is 6.30. The number of ether oxygens (including phenoxy) is 1. The van der Waals surface area contributed by atoms with Crippen LogP contribution in [0.4, 0.5) is 0 Å². The third-order valence-corrected chi connectivity index (χ3v) is 1.80. The van der Waals surface area contributed by atoms with E-state index in [2.05, 4.69) is 0 Å². The summed E-state index contributed by atoms with van der Waals surface area (Å²) in [5, 5.41) is 10.1. The lowest BCUT2D eigenvalue weighted by Gasteiger charge is -2.11. The van der Waals surface area contributed by atoms with E-state index in [9.17, 15) is 5.11 Å². The highest BCUT2D eigenvalue weighted by Crippen LogP contribution is 2.17. The zero-order chi connectivity index (χ0) is 9.68. The van der Waals surface area contributed by atoms with Crippen molar-refractivity contribution in [2.24, 2.45) is 0 Å². The van der Waals surface area contributed by atoms with E-state index in [1.807, 2.05) is 0 Å². The summed E-state index contributed by atoms with van der Waals surface area (Å²) in [7, 11) is 5.22. The lowest BCUT2D eigenvalue weighted by molar-refractivity contribution is -0.0978. The summed E-state index contributed by atoms with van der Waals surface area (Å²) in [5.74, 6) is 0. The molecule has 1 aromatic carbocycles. The molecule has 0 bridgehead atoms. The average molecular weight is 196 g/mol. The molecule has 0 saturated carbocycles. The summed E-state index contributed by atoms with van der Waals surface area (Å²) < 4.78 is 5.00. The van der Waals surface area contributed by atoms with Crippen LogP contribution in [0.3, 0.4) is 0 Å². The van der Waals surface area contributed by atoms with Crippen molar-refractivity contribution in [1.82, 2.24) is 0 Å². The summed E-state index contributed by atoms with van der Waals surface area (Å²) in [6.07, 6.45) is -0.522. The summed E-state index contributed by atoms with van der Waals surface area (Å²) in [5.41, 5.74) is 0.679. The fourth-order valence-corrected chi connectivity index (χ4v) is 1.03.